The van der Waals surface area contributed by atoms with Crippen LogP contribution in [0, 0.1) is 12.7 Å². The van der Waals surface area contributed by atoms with Crippen LogP contribution in [0.4, 0.5) is 15.9 Å². The van der Waals surface area contributed by atoms with E-state index in [0.717, 1.165) is 18.8 Å². The zero-order valence-corrected chi connectivity index (χ0v) is 15.8. The second kappa shape index (κ2) is 7.46. The quantitative estimate of drug-likeness (QED) is 0.640. The maximum absolute atomic E-state index is 13.2. The third-order valence-corrected chi connectivity index (χ3v) is 4.89. The van der Waals surface area contributed by atoms with Crippen LogP contribution in [0.3, 0.4) is 0 Å². The lowest BCUT2D eigenvalue weighted by Gasteiger charge is -2.36. The zero-order valence-electron chi connectivity index (χ0n) is 15.8. The normalized spacial score (nSPS) is 14.5. The molecule has 1 aliphatic heterocycles. The van der Waals surface area contributed by atoms with Gasteiger partial charge in [0.2, 0.25) is 5.71 Å². The van der Waals surface area contributed by atoms with Gasteiger partial charge in [-0.25, -0.2) is 19.2 Å². The molecule has 146 valence electrons. The largest absolute Gasteiger partial charge is 0.462 e. The standard InChI is InChI=1S/C20H21FN4O3/c1-3-27-20(26)16-13(2)28-19-17(16)18(22-12-23-19)25-10-8-24(9-11-25)15-6-4-14(21)5-7-15/h4-7,12H,3,8-11H2,1-2H3. The highest BCUT2D eigenvalue weighted by atomic mass is 19.1. The van der Waals surface area contributed by atoms with Crippen molar-refractivity contribution >= 4 is 28.6 Å². The lowest BCUT2D eigenvalue weighted by Crippen LogP contribution is -2.47. The van der Waals surface area contributed by atoms with E-state index in [0.29, 0.717) is 41.3 Å². The molecule has 8 heteroatoms. The van der Waals surface area contributed by atoms with E-state index in [1.54, 1.807) is 26.0 Å². The van der Waals surface area contributed by atoms with Gasteiger partial charge < -0.3 is 19.0 Å². The monoisotopic (exact) mass is 384 g/mol. The number of furan rings is 1. The summed E-state index contributed by atoms with van der Waals surface area (Å²) < 4.78 is 24.0. The van der Waals surface area contributed by atoms with E-state index in [1.165, 1.54) is 18.5 Å². The van der Waals surface area contributed by atoms with E-state index >= 15 is 0 Å². The number of piperazine rings is 1. The molecule has 1 aliphatic rings. The van der Waals surface area contributed by atoms with Crippen LogP contribution in [0.25, 0.3) is 11.1 Å². The van der Waals surface area contributed by atoms with Crippen LogP contribution in [0.2, 0.25) is 0 Å². The summed E-state index contributed by atoms with van der Waals surface area (Å²) in [5, 5.41) is 0.591. The molecule has 0 unspecified atom stereocenters. The number of anilines is 2. The predicted molar refractivity (Wildman–Crippen MR) is 103 cm³/mol. The summed E-state index contributed by atoms with van der Waals surface area (Å²) in [6.07, 6.45) is 1.45. The average Bonchev–Trinajstić information content (AvgIpc) is 3.05. The predicted octanol–water partition coefficient (Wildman–Crippen LogP) is 3.17. The first-order valence-corrected chi connectivity index (χ1v) is 9.25. The molecule has 7 nitrogen and oxygen atoms in total. The molecule has 1 fully saturated rings. The number of halogens is 1. The number of ether oxygens (including phenoxy) is 1. The van der Waals surface area contributed by atoms with Crippen LogP contribution in [0.1, 0.15) is 23.0 Å². The van der Waals surface area contributed by atoms with Gasteiger partial charge >= 0.3 is 5.97 Å². The van der Waals surface area contributed by atoms with Crippen molar-refractivity contribution < 1.29 is 18.3 Å². The lowest BCUT2D eigenvalue weighted by molar-refractivity contribution is 0.0526. The fourth-order valence-corrected chi connectivity index (χ4v) is 3.55. The van der Waals surface area contributed by atoms with Gasteiger partial charge in [0.25, 0.3) is 0 Å². The Labute approximate surface area is 161 Å². The highest BCUT2D eigenvalue weighted by Gasteiger charge is 2.27. The SMILES string of the molecule is CCOC(=O)c1c(C)oc2ncnc(N3CCN(c4ccc(F)cc4)CC3)c12. The Balaban J connectivity index is 1.61. The number of hydrogen-bond donors (Lipinski definition) is 0. The van der Waals surface area contributed by atoms with Gasteiger partial charge in [0.15, 0.2) is 0 Å². The maximum atomic E-state index is 13.2. The highest BCUT2D eigenvalue weighted by Crippen LogP contribution is 2.32. The van der Waals surface area contributed by atoms with Crippen molar-refractivity contribution in [2.75, 3.05) is 42.6 Å². The van der Waals surface area contributed by atoms with Crippen molar-refractivity contribution in [2.45, 2.75) is 13.8 Å². The van der Waals surface area contributed by atoms with Crippen LogP contribution in [0.5, 0.6) is 0 Å². The molecule has 2 aromatic heterocycles. The molecule has 1 aromatic carbocycles. The first-order valence-electron chi connectivity index (χ1n) is 9.25. The fraction of sp³-hybridized carbons (Fsp3) is 0.350. The van der Waals surface area contributed by atoms with E-state index in [9.17, 15) is 9.18 Å². The van der Waals surface area contributed by atoms with E-state index in [4.69, 9.17) is 9.15 Å². The second-order valence-electron chi connectivity index (χ2n) is 6.58. The minimum absolute atomic E-state index is 0.243. The van der Waals surface area contributed by atoms with Crippen molar-refractivity contribution in [1.29, 1.82) is 0 Å². The number of nitrogens with zero attached hydrogens (tertiary/aromatic N) is 4. The van der Waals surface area contributed by atoms with Gasteiger partial charge in [0.1, 0.15) is 29.3 Å². The molecule has 0 saturated carbocycles. The van der Waals surface area contributed by atoms with Crippen LogP contribution < -0.4 is 9.80 Å². The minimum Gasteiger partial charge on any atom is -0.462 e. The third kappa shape index (κ3) is 3.26. The molecule has 28 heavy (non-hydrogen) atoms. The minimum atomic E-state index is -0.431. The molecule has 0 N–H and O–H groups in total. The molecule has 3 heterocycles. The Bertz CT molecular complexity index is 995. The van der Waals surface area contributed by atoms with E-state index in [-0.39, 0.29) is 12.4 Å². The number of esters is 1. The number of fused-ring (bicyclic) bond motifs is 1. The summed E-state index contributed by atoms with van der Waals surface area (Å²) in [4.78, 5) is 25.4. The molecule has 3 aromatic rings. The van der Waals surface area contributed by atoms with Gasteiger partial charge in [-0.2, -0.15) is 0 Å². The summed E-state index contributed by atoms with van der Waals surface area (Å²) in [6, 6.07) is 6.50. The Kier molecular flexibility index (Phi) is 4.85. The summed E-state index contributed by atoms with van der Waals surface area (Å²) in [6.45, 7) is 6.69. The number of carbonyl (C=O) groups excluding carboxylic acids is 1. The van der Waals surface area contributed by atoms with E-state index in [2.05, 4.69) is 19.8 Å². The van der Waals surface area contributed by atoms with Gasteiger partial charge in [-0.15, -0.1) is 0 Å². The van der Waals surface area contributed by atoms with Gasteiger partial charge in [-0.3, -0.25) is 0 Å². The van der Waals surface area contributed by atoms with Gasteiger partial charge in [-0.1, -0.05) is 0 Å². The first kappa shape index (κ1) is 18.2. The van der Waals surface area contributed by atoms with Gasteiger partial charge in [0, 0.05) is 31.9 Å². The molecule has 0 spiro atoms. The smallest absolute Gasteiger partial charge is 0.342 e. The summed E-state index contributed by atoms with van der Waals surface area (Å²) in [5.74, 6) is 0.469. The average molecular weight is 384 g/mol. The summed E-state index contributed by atoms with van der Waals surface area (Å²) in [7, 11) is 0. The van der Waals surface area contributed by atoms with Gasteiger partial charge in [-0.05, 0) is 38.1 Å². The van der Waals surface area contributed by atoms with Crippen LogP contribution >= 0.6 is 0 Å². The van der Waals surface area contributed by atoms with Crippen LogP contribution in [-0.2, 0) is 4.74 Å². The van der Waals surface area contributed by atoms with E-state index < -0.39 is 5.97 Å². The molecule has 0 atom stereocenters. The van der Waals surface area contributed by atoms with Crippen LogP contribution in [-0.4, -0.2) is 48.7 Å². The van der Waals surface area contributed by atoms with Crippen molar-refractivity contribution in [3.05, 3.63) is 47.7 Å². The van der Waals surface area contributed by atoms with Crippen molar-refractivity contribution in [1.82, 2.24) is 9.97 Å². The van der Waals surface area contributed by atoms with Crippen molar-refractivity contribution in [3.63, 3.8) is 0 Å². The molecule has 0 aliphatic carbocycles. The molecular weight excluding hydrogens is 363 g/mol. The molecule has 0 radical (unpaired) electrons. The summed E-state index contributed by atoms with van der Waals surface area (Å²) >= 11 is 0. The fourth-order valence-electron chi connectivity index (χ4n) is 3.55. The topological polar surface area (TPSA) is 71.7 Å². The lowest BCUT2D eigenvalue weighted by atomic mass is 10.1. The maximum Gasteiger partial charge on any atom is 0.342 e. The Morgan fingerprint density at radius 3 is 2.50 bits per heavy atom. The Morgan fingerprint density at radius 2 is 1.82 bits per heavy atom. The van der Waals surface area contributed by atoms with Gasteiger partial charge in [0.05, 0.1) is 12.0 Å². The number of benzene rings is 1. The number of rotatable bonds is 4. The number of hydrogen-bond acceptors (Lipinski definition) is 7. The highest BCUT2D eigenvalue weighted by molar-refractivity contribution is 6.07. The van der Waals surface area contributed by atoms with Crippen LogP contribution in [0.15, 0.2) is 35.0 Å². The molecule has 4 rings (SSSR count). The van der Waals surface area contributed by atoms with Crippen molar-refractivity contribution in [3.8, 4) is 0 Å². The molecule has 0 amide bonds. The summed E-state index contributed by atoms with van der Waals surface area (Å²) in [5.41, 5.74) is 1.75. The number of aromatic nitrogens is 2. The molecule has 1 saturated heterocycles. The van der Waals surface area contributed by atoms with E-state index in [1.807, 2.05) is 0 Å². The Hall–Kier alpha value is -3.16. The zero-order chi connectivity index (χ0) is 19.7. The number of carbonyl (C=O) groups is 1. The number of aryl methyl sites for hydroxylation is 1. The molecular formula is C20H21FN4O3. The Morgan fingerprint density at radius 1 is 1.14 bits per heavy atom. The second-order valence-corrected chi connectivity index (χ2v) is 6.58. The van der Waals surface area contributed by atoms with Crippen molar-refractivity contribution in [2.24, 2.45) is 0 Å². The first-order chi connectivity index (χ1) is 13.6. The molecule has 0 bridgehead atoms. The third-order valence-electron chi connectivity index (χ3n) is 4.89.